The first kappa shape index (κ1) is 15.9. The van der Waals surface area contributed by atoms with Gasteiger partial charge in [0.15, 0.2) is 16.7 Å². The van der Waals surface area contributed by atoms with Crippen LogP contribution in [0.25, 0.3) is 0 Å². The van der Waals surface area contributed by atoms with E-state index < -0.39 is 0 Å². The molecule has 0 saturated carbocycles. The van der Waals surface area contributed by atoms with Gasteiger partial charge in [-0.3, -0.25) is 0 Å². The number of nitrogens with one attached hydrogen (secondary N) is 1. The number of nitrogens with zero attached hydrogens (tertiary/aromatic N) is 2. The molecule has 0 saturated heterocycles. The first-order chi connectivity index (χ1) is 9.74. The van der Waals surface area contributed by atoms with Crippen LogP contribution in [0.2, 0.25) is 0 Å². The highest BCUT2D eigenvalue weighted by Gasteiger charge is 2.22. The van der Waals surface area contributed by atoms with Gasteiger partial charge in [0.2, 0.25) is 0 Å². The molecule has 0 fully saturated rings. The fourth-order valence-electron chi connectivity index (χ4n) is 2.33. The number of benzene rings is 1. The Morgan fingerprint density at radius 2 is 1.90 bits per heavy atom. The number of phenolic OH excluding ortho intramolecular Hbond substituents is 2. The Balaban J connectivity index is 0.00000161. The molecule has 1 unspecified atom stereocenters. The van der Waals surface area contributed by atoms with Gasteiger partial charge >= 0.3 is 0 Å². The highest BCUT2D eigenvalue weighted by Crippen LogP contribution is 2.35. The summed E-state index contributed by atoms with van der Waals surface area (Å²) in [5.74, 6) is 0.656. The molecule has 0 bridgehead atoms. The Bertz CT molecular complexity index is 613. The number of rotatable bonds is 3. The third kappa shape index (κ3) is 3.58. The van der Waals surface area contributed by atoms with Crippen LogP contribution >= 0.6 is 24.2 Å². The summed E-state index contributed by atoms with van der Waals surface area (Å²) >= 11 is 1.57. The van der Waals surface area contributed by atoms with Gasteiger partial charge in [-0.15, -0.1) is 12.4 Å². The molecule has 2 aromatic rings. The molecule has 112 valence electrons. The second-order valence-corrected chi connectivity index (χ2v) is 5.63. The third-order valence-corrected chi connectivity index (χ3v) is 4.29. The maximum absolute atomic E-state index is 9.67. The number of hydrogen-bond donors (Lipinski definition) is 3. The van der Waals surface area contributed by atoms with Gasteiger partial charge < -0.3 is 15.5 Å². The average molecular weight is 326 g/mol. The number of aromatic hydroxyl groups is 2. The predicted octanol–water partition coefficient (Wildman–Crippen LogP) is 2.29. The third-order valence-electron chi connectivity index (χ3n) is 3.32. The van der Waals surface area contributed by atoms with Crippen molar-refractivity contribution in [1.82, 2.24) is 15.3 Å². The minimum atomic E-state index is -0.0709. The molecule has 0 radical (unpaired) electrons. The van der Waals surface area contributed by atoms with Crippen molar-refractivity contribution in [3.05, 3.63) is 41.7 Å². The zero-order valence-electron chi connectivity index (χ0n) is 11.2. The van der Waals surface area contributed by atoms with Crippen LogP contribution in [-0.4, -0.2) is 32.5 Å². The van der Waals surface area contributed by atoms with E-state index in [1.807, 2.05) is 0 Å². The summed E-state index contributed by atoms with van der Waals surface area (Å²) < 4.78 is 0. The standard InChI is InChI=1S/C14H15N3O2S.ClH/c18-12-6-9-2-5-15-11(10(9)7-13(12)19)8-20-14-16-3-1-4-17-14;/h1,3-4,6-7,11,15,18-19H,2,5,8H2;1H. The lowest BCUT2D eigenvalue weighted by Crippen LogP contribution is -2.31. The molecule has 3 N–H and O–H groups in total. The highest BCUT2D eigenvalue weighted by molar-refractivity contribution is 7.99. The first-order valence-corrected chi connectivity index (χ1v) is 7.40. The Kier molecular flexibility index (Phi) is 5.27. The molecule has 1 aromatic carbocycles. The lowest BCUT2D eigenvalue weighted by Gasteiger charge is -2.27. The van der Waals surface area contributed by atoms with E-state index in [-0.39, 0.29) is 29.9 Å². The number of thioether (sulfide) groups is 1. The molecule has 0 aliphatic carbocycles. The zero-order chi connectivity index (χ0) is 13.9. The van der Waals surface area contributed by atoms with Crippen molar-refractivity contribution in [1.29, 1.82) is 0 Å². The number of phenols is 2. The fourth-order valence-corrected chi connectivity index (χ4v) is 3.22. The molecule has 0 amide bonds. The molecule has 1 aromatic heterocycles. The topological polar surface area (TPSA) is 78.3 Å². The predicted molar refractivity (Wildman–Crippen MR) is 84.2 cm³/mol. The molecule has 3 rings (SSSR count). The summed E-state index contributed by atoms with van der Waals surface area (Å²) in [6, 6.07) is 5.22. The lowest BCUT2D eigenvalue weighted by molar-refractivity contribution is 0.399. The monoisotopic (exact) mass is 325 g/mol. The molecule has 7 heteroatoms. The Morgan fingerprint density at radius 3 is 2.67 bits per heavy atom. The largest absolute Gasteiger partial charge is 0.504 e. The number of aromatic nitrogens is 2. The molecular formula is C14H16ClN3O2S. The van der Waals surface area contributed by atoms with E-state index in [9.17, 15) is 10.2 Å². The minimum Gasteiger partial charge on any atom is -0.504 e. The van der Waals surface area contributed by atoms with E-state index in [1.165, 1.54) is 0 Å². The maximum Gasteiger partial charge on any atom is 0.187 e. The van der Waals surface area contributed by atoms with Crippen LogP contribution in [0, 0.1) is 0 Å². The van der Waals surface area contributed by atoms with Crippen LogP contribution in [0.4, 0.5) is 0 Å². The number of halogens is 1. The van der Waals surface area contributed by atoms with E-state index >= 15 is 0 Å². The number of hydrogen-bond acceptors (Lipinski definition) is 6. The van der Waals surface area contributed by atoms with Crippen molar-refractivity contribution in [2.24, 2.45) is 0 Å². The van der Waals surface area contributed by atoms with E-state index in [1.54, 1.807) is 42.4 Å². The average Bonchev–Trinajstić information content (AvgIpc) is 2.47. The van der Waals surface area contributed by atoms with Crippen LogP contribution in [0.5, 0.6) is 11.5 Å². The molecule has 5 nitrogen and oxygen atoms in total. The van der Waals surface area contributed by atoms with Crippen LogP contribution in [0.1, 0.15) is 17.2 Å². The van der Waals surface area contributed by atoms with Gasteiger partial charge in [0.25, 0.3) is 0 Å². The summed E-state index contributed by atoms with van der Waals surface area (Å²) in [5.41, 5.74) is 2.12. The Labute approximate surface area is 133 Å². The van der Waals surface area contributed by atoms with E-state index in [2.05, 4.69) is 15.3 Å². The van der Waals surface area contributed by atoms with Gasteiger partial charge in [-0.25, -0.2) is 9.97 Å². The molecule has 1 aliphatic heterocycles. The Morgan fingerprint density at radius 1 is 1.19 bits per heavy atom. The molecule has 0 spiro atoms. The Hall–Kier alpha value is -1.50. The fraction of sp³-hybridized carbons (Fsp3) is 0.286. The van der Waals surface area contributed by atoms with Gasteiger partial charge in [0.05, 0.1) is 0 Å². The second kappa shape index (κ2) is 6.98. The molecule has 1 aliphatic rings. The minimum absolute atomic E-state index is 0. The first-order valence-electron chi connectivity index (χ1n) is 6.42. The van der Waals surface area contributed by atoms with Crippen molar-refractivity contribution in [2.45, 2.75) is 17.6 Å². The summed E-state index contributed by atoms with van der Waals surface area (Å²) in [4.78, 5) is 8.37. The maximum atomic E-state index is 9.67. The van der Waals surface area contributed by atoms with Crippen molar-refractivity contribution in [3.8, 4) is 11.5 Å². The van der Waals surface area contributed by atoms with Crippen molar-refractivity contribution in [3.63, 3.8) is 0 Å². The summed E-state index contributed by atoms with van der Waals surface area (Å²) in [6.45, 7) is 0.859. The van der Waals surface area contributed by atoms with Gasteiger partial charge in [-0.2, -0.15) is 0 Å². The van der Waals surface area contributed by atoms with E-state index in [0.717, 1.165) is 35.0 Å². The van der Waals surface area contributed by atoms with Crippen molar-refractivity contribution < 1.29 is 10.2 Å². The lowest BCUT2D eigenvalue weighted by atomic mass is 9.94. The zero-order valence-corrected chi connectivity index (χ0v) is 12.8. The molecule has 1 atom stereocenters. The highest BCUT2D eigenvalue weighted by atomic mass is 35.5. The van der Waals surface area contributed by atoms with Crippen molar-refractivity contribution in [2.75, 3.05) is 12.3 Å². The van der Waals surface area contributed by atoms with Crippen LogP contribution in [0.3, 0.4) is 0 Å². The van der Waals surface area contributed by atoms with Crippen LogP contribution in [0.15, 0.2) is 35.7 Å². The molecule has 21 heavy (non-hydrogen) atoms. The normalized spacial score (nSPS) is 16.9. The summed E-state index contributed by atoms with van der Waals surface area (Å²) in [7, 11) is 0. The summed E-state index contributed by atoms with van der Waals surface area (Å²) in [5, 5.41) is 23.4. The van der Waals surface area contributed by atoms with Crippen molar-refractivity contribution >= 4 is 24.2 Å². The van der Waals surface area contributed by atoms with Crippen LogP contribution < -0.4 is 5.32 Å². The quantitative estimate of drug-likeness (QED) is 0.456. The van der Waals surface area contributed by atoms with E-state index in [0.29, 0.717) is 0 Å². The van der Waals surface area contributed by atoms with Gasteiger partial charge in [0.1, 0.15) is 0 Å². The van der Waals surface area contributed by atoms with Gasteiger partial charge in [0, 0.05) is 24.2 Å². The van der Waals surface area contributed by atoms with Crippen LogP contribution in [-0.2, 0) is 6.42 Å². The van der Waals surface area contributed by atoms with E-state index in [4.69, 9.17) is 0 Å². The number of fused-ring (bicyclic) bond motifs is 1. The SMILES string of the molecule is Cl.Oc1cc2c(cc1O)C(CSc1ncccn1)NCC2. The summed E-state index contributed by atoms with van der Waals surface area (Å²) in [6.07, 6.45) is 4.30. The smallest absolute Gasteiger partial charge is 0.187 e. The van der Waals surface area contributed by atoms with Gasteiger partial charge in [-0.05, 0) is 42.3 Å². The molecular weight excluding hydrogens is 310 g/mol. The second-order valence-electron chi connectivity index (χ2n) is 4.64. The van der Waals surface area contributed by atoms with Gasteiger partial charge in [-0.1, -0.05) is 11.8 Å². The molecule has 2 heterocycles.